The first-order chi connectivity index (χ1) is 21.3. The van der Waals surface area contributed by atoms with Gasteiger partial charge >= 0.3 is 11.9 Å². The number of nitro benzene ring substituents is 2. The van der Waals surface area contributed by atoms with Crippen molar-refractivity contribution in [1.29, 1.82) is 0 Å². The van der Waals surface area contributed by atoms with Gasteiger partial charge in [0.25, 0.3) is 11.4 Å². The van der Waals surface area contributed by atoms with Gasteiger partial charge in [-0.15, -0.1) is 24.8 Å². The number of nitrogens with one attached hydrogen (secondary N) is 2. The van der Waals surface area contributed by atoms with Gasteiger partial charge in [0, 0.05) is 54.4 Å². The molecule has 0 radical (unpaired) electrons. The summed E-state index contributed by atoms with van der Waals surface area (Å²) in [7, 11) is 0. The average Bonchev–Trinajstić information content (AvgIpc) is 2.97. The monoisotopic (exact) mass is 701 g/mol. The van der Waals surface area contributed by atoms with Crippen LogP contribution in [0.2, 0.25) is 0 Å². The van der Waals surface area contributed by atoms with Gasteiger partial charge in [0.1, 0.15) is 5.82 Å². The van der Waals surface area contributed by atoms with Gasteiger partial charge in [0.2, 0.25) is 0 Å². The second-order valence-corrected chi connectivity index (χ2v) is 9.48. The van der Waals surface area contributed by atoms with Gasteiger partial charge in [-0.2, -0.15) is 0 Å². The van der Waals surface area contributed by atoms with Crippen LogP contribution in [0.5, 0.6) is 0 Å². The Bertz CT molecular complexity index is 1460. The molecule has 0 heterocycles. The van der Waals surface area contributed by atoms with Crippen molar-refractivity contribution in [2.24, 2.45) is 0 Å². The number of hydrogen-bond acceptors (Lipinski definition) is 11. The Labute approximate surface area is 285 Å². The molecule has 0 saturated heterocycles. The third-order valence-corrected chi connectivity index (χ3v) is 5.92. The largest absolute Gasteiger partial charge is 0.466 e. The number of halogens is 3. The molecule has 0 amide bonds. The van der Waals surface area contributed by atoms with Gasteiger partial charge in [-0.3, -0.25) is 29.8 Å². The molecular formula is C31H42Cl2FN5O8. The van der Waals surface area contributed by atoms with Crippen LogP contribution < -0.4 is 16.4 Å². The van der Waals surface area contributed by atoms with E-state index < -0.39 is 15.7 Å². The molecule has 0 atom stereocenters. The summed E-state index contributed by atoms with van der Waals surface area (Å²) in [5, 5.41) is 26.9. The highest BCUT2D eigenvalue weighted by atomic mass is 35.5. The number of benzene rings is 3. The molecule has 3 rings (SSSR count). The number of aryl methyl sites for hydroxylation is 3. The molecule has 0 aliphatic rings. The topological polar surface area (TPSA) is 189 Å². The Morgan fingerprint density at radius 2 is 1.13 bits per heavy atom. The van der Waals surface area contributed by atoms with E-state index in [9.17, 15) is 34.2 Å². The minimum atomic E-state index is -0.549. The first-order valence-electron chi connectivity index (χ1n) is 14.1. The molecule has 16 heteroatoms. The Kier molecular flexibility index (Phi) is 22.3. The van der Waals surface area contributed by atoms with Crippen molar-refractivity contribution in [2.75, 3.05) is 42.7 Å². The van der Waals surface area contributed by atoms with Gasteiger partial charge in [-0.1, -0.05) is 0 Å². The second-order valence-electron chi connectivity index (χ2n) is 9.48. The number of nitrogens with zero attached hydrogens (tertiary/aromatic N) is 2. The molecule has 260 valence electrons. The van der Waals surface area contributed by atoms with Crippen LogP contribution in [0, 0.1) is 46.8 Å². The molecule has 0 bridgehead atoms. The molecule has 3 aromatic carbocycles. The molecule has 0 aromatic heterocycles. The van der Waals surface area contributed by atoms with Crippen molar-refractivity contribution in [3.8, 4) is 0 Å². The summed E-state index contributed by atoms with van der Waals surface area (Å²) in [6.45, 7) is 10.6. The van der Waals surface area contributed by atoms with Gasteiger partial charge in [-0.05, 0) is 81.6 Å². The van der Waals surface area contributed by atoms with Crippen LogP contribution >= 0.6 is 24.8 Å². The molecule has 0 fully saturated rings. The minimum absolute atomic E-state index is 0. The van der Waals surface area contributed by atoms with Gasteiger partial charge in [0.05, 0.1) is 35.9 Å². The fraction of sp³-hybridized carbons (Fsp3) is 0.355. The van der Waals surface area contributed by atoms with Crippen molar-refractivity contribution in [1.82, 2.24) is 0 Å². The minimum Gasteiger partial charge on any atom is -0.466 e. The predicted molar refractivity (Wildman–Crippen MR) is 185 cm³/mol. The maximum atomic E-state index is 12.5. The fourth-order valence-electron chi connectivity index (χ4n) is 3.65. The molecule has 13 nitrogen and oxygen atoms in total. The lowest BCUT2D eigenvalue weighted by atomic mass is 10.2. The highest BCUT2D eigenvalue weighted by Gasteiger charge is 2.09. The predicted octanol–water partition coefficient (Wildman–Crippen LogP) is 7.10. The van der Waals surface area contributed by atoms with E-state index >= 15 is 0 Å². The fourth-order valence-corrected chi connectivity index (χ4v) is 3.65. The standard InChI is InChI=1S/C12H16N2O4.C12H18N2O2.C7H6FNO2.2ClH/c1-3-18-12(15)6-7-13-11-5-4-10(14(16)17)8-9(11)2;1-3-16-12(15)6-7-14-11-5-4-10(13)8-9(11)2;1-5-4-6(9(10)11)2-3-7(5)8;;/h4-5,8,13H,3,6-7H2,1-2H3;4-5,8,14H,3,6-7,13H2,1-2H3;2-4H,1H3;2*1H. The SMILES string of the molecule is CCOC(=O)CCNc1ccc(N)cc1C.CCOC(=O)CCNc1ccc([N+](=O)[O-])cc1C.Cc1cc([N+](=O)[O-])ccc1F.Cl.Cl. The zero-order valence-electron chi connectivity index (χ0n) is 26.9. The Morgan fingerprint density at radius 1 is 0.723 bits per heavy atom. The molecule has 0 spiro atoms. The molecule has 0 aliphatic carbocycles. The van der Waals surface area contributed by atoms with Crippen LogP contribution in [0.4, 0.5) is 32.8 Å². The van der Waals surface area contributed by atoms with Crippen LogP contribution in [0.15, 0.2) is 54.6 Å². The van der Waals surface area contributed by atoms with Crippen molar-refractivity contribution in [2.45, 2.75) is 47.5 Å². The lowest BCUT2D eigenvalue weighted by molar-refractivity contribution is -0.385. The zero-order valence-corrected chi connectivity index (χ0v) is 28.5. The molecule has 0 saturated carbocycles. The normalized spacial score (nSPS) is 9.40. The molecule has 3 aromatic rings. The Hall–Kier alpha value is -4.69. The Balaban J connectivity index is 0. The third-order valence-electron chi connectivity index (χ3n) is 5.92. The number of nitrogens with two attached hydrogens (primary N) is 1. The van der Waals surface area contributed by atoms with Crippen LogP contribution in [0.3, 0.4) is 0 Å². The summed E-state index contributed by atoms with van der Waals surface area (Å²) in [5.74, 6) is -0.858. The number of rotatable bonds is 12. The molecule has 4 N–H and O–H groups in total. The van der Waals surface area contributed by atoms with E-state index in [0.29, 0.717) is 38.3 Å². The average molecular weight is 703 g/mol. The maximum Gasteiger partial charge on any atom is 0.307 e. The summed E-state index contributed by atoms with van der Waals surface area (Å²) < 4.78 is 22.2. The van der Waals surface area contributed by atoms with Gasteiger partial charge in [-0.25, -0.2) is 4.39 Å². The third kappa shape index (κ3) is 17.6. The summed E-state index contributed by atoms with van der Waals surface area (Å²) in [5.41, 5.74) is 10.3. The van der Waals surface area contributed by atoms with E-state index in [1.54, 1.807) is 26.8 Å². The van der Waals surface area contributed by atoms with E-state index in [1.165, 1.54) is 25.1 Å². The summed E-state index contributed by atoms with van der Waals surface area (Å²) in [6.07, 6.45) is 0.641. The van der Waals surface area contributed by atoms with Gasteiger partial charge in [0.15, 0.2) is 0 Å². The van der Waals surface area contributed by atoms with Crippen molar-refractivity contribution in [3.05, 3.63) is 97.3 Å². The molecule has 0 unspecified atom stereocenters. The van der Waals surface area contributed by atoms with Crippen LogP contribution in [0.1, 0.15) is 43.4 Å². The molecule has 47 heavy (non-hydrogen) atoms. The van der Waals surface area contributed by atoms with Crippen molar-refractivity contribution < 1.29 is 33.3 Å². The number of non-ortho nitro benzene ring substituents is 2. The maximum absolute atomic E-state index is 12.5. The van der Waals surface area contributed by atoms with Crippen LogP contribution in [-0.4, -0.2) is 48.1 Å². The number of carbonyl (C=O) groups is 2. The number of nitro groups is 2. The number of ether oxygens (including phenoxy) is 2. The van der Waals surface area contributed by atoms with Crippen LogP contribution in [0.25, 0.3) is 0 Å². The Morgan fingerprint density at radius 3 is 1.51 bits per heavy atom. The first kappa shape index (κ1) is 44.4. The van der Waals surface area contributed by atoms with E-state index in [-0.39, 0.29) is 54.5 Å². The quantitative estimate of drug-likeness (QED) is 0.0756. The van der Waals surface area contributed by atoms with Crippen molar-refractivity contribution in [3.63, 3.8) is 0 Å². The number of carbonyl (C=O) groups excluding carboxylic acids is 2. The van der Waals surface area contributed by atoms with E-state index in [2.05, 4.69) is 10.6 Å². The van der Waals surface area contributed by atoms with E-state index in [1.807, 2.05) is 25.1 Å². The number of hydrogen-bond donors (Lipinski definition) is 3. The first-order valence-corrected chi connectivity index (χ1v) is 14.1. The summed E-state index contributed by atoms with van der Waals surface area (Å²) >= 11 is 0. The second kappa shape index (κ2) is 23.6. The highest BCUT2D eigenvalue weighted by Crippen LogP contribution is 2.21. The van der Waals surface area contributed by atoms with Gasteiger partial charge < -0.3 is 25.8 Å². The number of esters is 2. The number of nitrogen functional groups attached to an aromatic ring is 1. The van der Waals surface area contributed by atoms with E-state index in [4.69, 9.17) is 15.2 Å². The molecular weight excluding hydrogens is 660 g/mol. The lowest BCUT2D eigenvalue weighted by Crippen LogP contribution is -2.11. The smallest absolute Gasteiger partial charge is 0.307 e. The summed E-state index contributed by atoms with van der Waals surface area (Å²) in [6, 6.07) is 13.6. The highest BCUT2D eigenvalue weighted by molar-refractivity contribution is 5.85. The molecule has 0 aliphatic heterocycles. The van der Waals surface area contributed by atoms with Crippen LogP contribution in [-0.2, 0) is 19.1 Å². The van der Waals surface area contributed by atoms with E-state index in [0.717, 1.165) is 40.3 Å². The number of anilines is 3. The zero-order chi connectivity index (χ0) is 33.9. The summed E-state index contributed by atoms with van der Waals surface area (Å²) in [4.78, 5) is 41.9. The van der Waals surface area contributed by atoms with Crippen molar-refractivity contribution >= 4 is 65.2 Å². The lowest BCUT2D eigenvalue weighted by Gasteiger charge is -2.09.